The van der Waals surface area contributed by atoms with E-state index in [1.54, 1.807) is 40.9 Å². The van der Waals surface area contributed by atoms with E-state index in [-0.39, 0.29) is 55.6 Å². The molecule has 3 aliphatic heterocycles. The van der Waals surface area contributed by atoms with Gasteiger partial charge in [0.05, 0.1) is 52.8 Å². The first-order chi connectivity index (χ1) is 48.2. The first-order valence-corrected chi connectivity index (χ1v) is 34.7. The molecule has 5 amide bonds. The zero-order valence-corrected chi connectivity index (χ0v) is 58.4. The van der Waals surface area contributed by atoms with Crippen LogP contribution in [-0.4, -0.2) is 192 Å². The van der Waals surface area contributed by atoms with Crippen LogP contribution in [0.3, 0.4) is 0 Å². The predicted octanol–water partition coefficient (Wildman–Crippen LogP) is 13.7. The van der Waals surface area contributed by atoms with E-state index in [0.717, 1.165) is 66.1 Å². The Kier molecular flexibility index (Phi) is 24.8. The second-order valence-corrected chi connectivity index (χ2v) is 27.3. The third-order valence-electron chi connectivity index (χ3n) is 20.3. The SMILES string of the molecule is COc1cc(N(C)CCCCCC(=O)N(C)CCN2CCC(OC(=O)Nc3ccccc3-c3ccccc3)CC2)c(Cl)cc1C(=O)N(C)CCCN(C)C(=O)COC1Cc2ccccc2C12CCN(CC[C@@]1(c3ccc(F)cc3)CN(C(=O)c3cc(C(F)(F)F)cc(C(F)(F)F)c3)CO1)CC2. The lowest BCUT2D eigenvalue weighted by atomic mass is 9.72. The van der Waals surface area contributed by atoms with Crippen LogP contribution in [0.1, 0.15) is 113 Å². The molecular formula is C76H88ClF7N8O9. The van der Waals surface area contributed by atoms with Gasteiger partial charge in [-0.2, -0.15) is 26.3 Å². The first-order valence-electron chi connectivity index (χ1n) is 34.3. The van der Waals surface area contributed by atoms with E-state index in [9.17, 15) is 54.7 Å². The largest absolute Gasteiger partial charge is 0.496 e. The summed E-state index contributed by atoms with van der Waals surface area (Å²) in [7, 11) is 8.63. The Morgan fingerprint density at radius 1 is 0.683 bits per heavy atom. The number of carbonyl (C=O) groups excluding carboxylic acids is 5. The van der Waals surface area contributed by atoms with E-state index in [1.807, 2.05) is 85.7 Å². The lowest BCUT2D eigenvalue weighted by Gasteiger charge is -2.44. The molecule has 17 nitrogen and oxygen atoms in total. The summed E-state index contributed by atoms with van der Waals surface area (Å²) < 4.78 is 121. The van der Waals surface area contributed by atoms with Crippen molar-refractivity contribution in [2.45, 2.75) is 106 Å². The highest BCUT2D eigenvalue weighted by Crippen LogP contribution is 2.49. The number of fused-ring (bicyclic) bond motifs is 2. The minimum Gasteiger partial charge on any atom is -0.496 e. The molecule has 3 saturated heterocycles. The maximum atomic E-state index is 14.3. The standard InChI is InChI=1S/C76H88ClF7N8O9/c1-86(33-15-7-10-23-68(93)88(3)41-42-90-36-28-59(29-37-90)101-72(97)85-64-22-14-12-20-60(64)52-17-8-6-9-18-52)65-48-66(98-5)61(47-63(65)77)71(96)89(4)35-16-34-87(2)69(94)49-99-67-45-53-19-11-13-21-62(53)73(67)30-38-91(39-31-73)40-32-74(55-24-26-58(78)27-25-55)50-92(51-100-74)70(95)54-43-56(75(79,80)81)46-57(44-54)76(82,83)84/h6,8-9,11-14,17-22,24-27,43-44,46-48,59,67H,7,10,15-16,23,28-42,45,49-51H2,1-5H3,(H,85,97)/t67?,74-/m0/s1. The molecule has 0 aromatic heterocycles. The van der Waals surface area contributed by atoms with Crippen molar-refractivity contribution in [3.63, 3.8) is 0 Å². The molecule has 0 saturated carbocycles. The van der Waals surface area contributed by atoms with E-state index < -0.39 is 64.6 Å². The van der Waals surface area contributed by atoms with Crippen LogP contribution in [0.4, 0.5) is 46.9 Å². The van der Waals surface area contributed by atoms with Crippen LogP contribution in [0, 0.1) is 5.82 Å². The van der Waals surface area contributed by atoms with E-state index >= 15 is 0 Å². The van der Waals surface area contributed by atoms with Crippen LogP contribution in [-0.2, 0) is 53.6 Å². The van der Waals surface area contributed by atoms with Gasteiger partial charge < -0.3 is 53.2 Å². The number of methoxy groups -OCH3 is 1. The fourth-order valence-corrected chi connectivity index (χ4v) is 14.6. The lowest BCUT2D eigenvalue weighted by molar-refractivity contribution is -0.143. The van der Waals surface area contributed by atoms with Crippen molar-refractivity contribution in [1.29, 1.82) is 0 Å². The summed E-state index contributed by atoms with van der Waals surface area (Å²) in [6.45, 7) is 4.92. The van der Waals surface area contributed by atoms with Gasteiger partial charge in [0, 0.05) is 110 Å². The Morgan fingerprint density at radius 3 is 2.02 bits per heavy atom. The first kappa shape index (κ1) is 75.4. The number of nitrogens with zero attached hydrogens (tertiary/aromatic N) is 7. The number of hydrogen-bond acceptors (Lipinski definition) is 12. The molecule has 1 N–H and O–H groups in total. The number of amides is 5. The van der Waals surface area contributed by atoms with E-state index in [0.29, 0.717) is 136 Å². The van der Waals surface area contributed by atoms with Crippen LogP contribution in [0.15, 0.2) is 133 Å². The number of alkyl halides is 6. The van der Waals surface area contributed by atoms with Crippen molar-refractivity contribution in [3.8, 4) is 16.9 Å². The van der Waals surface area contributed by atoms with E-state index in [2.05, 4.69) is 27.2 Å². The fourth-order valence-electron chi connectivity index (χ4n) is 14.3. The number of piperidine rings is 2. The highest BCUT2D eigenvalue weighted by molar-refractivity contribution is 6.33. The van der Waals surface area contributed by atoms with Crippen LogP contribution in [0.5, 0.6) is 5.75 Å². The number of unbranched alkanes of at least 4 members (excludes halogenated alkanes) is 2. The molecule has 3 heterocycles. The van der Waals surface area contributed by atoms with Gasteiger partial charge in [-0.05, 0) is 136 Å². The van der Waals surface area contributed by atoms with Gasteiger partial charge in [-0.3, -0.25) is 24.5 Å². The molecule has 0 bridgehead atoms. The minimum absolute atomic E-state index is 0.0317. The van der Waals surface area contributed by atoms with Crippen LogP contribution >= 0.6 is 11.6 Å². The van der Waals surface area contributed by atoms with Crippen molar-refractivity contribution in [2.75, 3.05) is 131 Å². The Bertz CT molecular complexity index is 3820. The van der Waals surface area contributed by atoms with Crippen molar-refractivity contribution >= 4 is 52.7 Å². The number of para-hydroxylation sites is 1. The molecule has 1 spiro atoms. The second kappa shape index (κ2) is 33.2. The predicted molar refractivity (Wildman–Crippen MR) is 371 cm³/mol. The Hall–Kier alpha value is -8.29. The molecular weight excluding hydrogens is 1340 g/mol. The molecule has 2 atom stereocenters. The molecule has 6 aromatic rings. The minimum atomic E-state index is -5.16. The maximum absolute atomic E-state index is 14.3. The van der Waals surface area contributed by atoms with E-state index in [4.69, 9.17) is 30.5 Å². The average Bonchev–Trinajstić information content (AvgIpc) is 1.53. The quantitative estimate of drug-likeness (QED) is 0.0385. The highest BCUT2D eigenvalue weighted by Gasteiger charge is 2.50. The second-order valence-electron chi connectivity index (χ2n) is 26.9. The number of rotatable bonds is 27. The maximum Gasteiger partial charge on any atom is 0.416 e. The molecule has 25 heteroatoms. The van der Waals surface area contributed by atoms with Crippen LogP contribution in [0.2, 0.25) is 5.02 Å². The van der Waals surface area contributed by atoms with Crippen molar-refractivity contribution in [1.82, 2.24) is 29.4 Å². The zero-order chi connectivity index (χ0) is 72.2. The van der Waals surface area contributed by atoms with Gasteiger partial charge in [-0.15, -0.1) is 0 Å². The number of halogens is 8. The smallest absolute Gasteiger partial charge is 0.416 e. The number of carbonyl (C=O) groups is 5. The Labute approximate surface area is 590 Å². The average molecular weight is 1430 g/mol. The zero-order valence-electron chi connectivity index (χ0n) is 57.7. The molecule has 10 rings (SSSR count). The van der Waals surface area contributed by atoms with Crippen molar-refractivity contribution < 1.29 is 73.7 Å². The summed E-state index contributed by atoms with van der Waals surface area (Å²) in [5.41, 5.74) is 0.632. The monoisotopic (exact) mass is 1420 g/mol. The number of likely N-dealkylation sites (tertiary alicyclic amines) is 2. The molecule has 3 fully saturated rings. The van der Waals surface area contributed by atoms with Crippen LogP contribution in [0.25, 0.3) is 11.1 Å². The van der Waals surface area contributed by atoms with Gasteiger partial charge >= 0.3 is 18.4 Å². The topological polar surface area (TPSA) is 157 Å². The van der Waals surface area contributed by atoms with Gasteiger partial charge in [0.15, 0.2) is 0 Å². The Balaban J connectivity index is 0.633. The summed E-state index contributed by atoms with van der Waals surface area (Å²) in [6, 6.07) is 35.2. The number of anilines is 2. The summed E-state index contributed by atoms with van der Waals surface area (Å²) in [5, 5.41) is 3.31. The van der Waals surface area contributed by atoms with Gasteiger partial charge in [0.2, 0.25) is 11.8 Å². The van der Waals surface area contributed by atoms with Gasteiger partial charge in [-0.25, -0.2) is 9.18 Å². The summed E-state index contributed by atoms with van der Waals surface area (Å²) in [6.07, 6.45) is -4.49. The molecule has 6 aromatic carbocycles. The lowest BCUT2D eigenvalue weighted by Crippen LogP contribution is -2.50. The number of likely N-dealkylation sites (N-methyl/N-ethyl adjacent to an activating group) is 2. The molecule has 1 unspecified atom stereocenters. The van der Waals surface area contributed by atoms with Gasteiger partial charge in [0.25, 0.3) is 11.8 Å². The molecule has 4 aliphatic rings. The summed E-state index contributed by atoms with van der Waals surface area (Å²) in [4.78, 5) is 80.1. The molecule has 0 radical (unpaired) electrons. The third kappa shape index (κ3) is 18.7. The molecule has 1 aliphatic carbocycles. The number of hydrogen-bond donors (Lipinski definition) is 1. The number of ether oxygens (including phenoxy) is 4. The Morgan fingerprint density at radius 2 is 1.33 bits per heavy atom. The molecule has 101 heavy (non-hydrogen) atoms. The summed E-state index contributed by atoms with van der Waals surface area (Å²) in [5.74, 6) is -1.70. The number of nitrogens with one attached hydrogen (secondary N) is 1. The summed E-state index contributed by atoms with van der Waals surface area (Å²) >= 11 is 6.86. The van der Waals surface area contributed by atoms with Crippen LogP contribution < -0.4 is 15.0 Å². The normalized spacial score (nSPS) is 17.9. The van der Waals surface area contributed by atoms with Gasteiger partial charge in [0.1, 0.15) is 36.6 Å². The van der Waals surface area contributed by atoms with E-state index in [1.165, 1.54) is 31.4 Å². The van der Waals surface area contributed by atoms with Crippen molar-refractivity contribution in [2.24, 2.45) is 0 Å². The fraction of sp³-hybridized carbons (Fsp3) is 0.461. The number of benzene rings is 6. The van der Waals surface area contributed by atoms with Crippen molar-refractivity contribution in [3.05, 3.63) is 183 Å². The third-order valence-corrected chi connectivity index (χ3v) is 20.6. The van der Waals surface area contributed by atoms with Gasteiger partial charge in [-0.1, -0.05) is 103 Å². The molecule has 542 valence electrons. The highest BCUT2D eigenvalue weighted by atomic mass is 35.5.